The fourth-order valence-corrected chi connectivity index (χ4v) is 1.63. The molecule has 1 aromatic carbocycles. The number of hydrogen-bond acceptors (Lipinski definition) is 3. The average molecular weight is 332 g/mol. The molecule has 1 amide bonds. The number of halogens is 1. The van der Waals surface area contributed by atoms with Gasteiger partial charge in [-0.25, -0.2) is 0 Å². The van der Waals surface area contributed by atoms with E-state index in [9.17, 15) is 14.9 Å². The first-order valence-corrected chi connectivity index (χ1v) is 5.62. The Kier molecular flexibility index (Phi) is 4.41. The molecule has 6 heteroatoms. The summed E-state index contributed by atoms with van der Waals surface area (Å²) in [5, 5.41) is 13.1. The maximum absolute atomic E-state index is 10.9. The maximum atomic E-state index is 10.9. The fraction of sp³-hybridized carbons (Fsp3) is 0.100. The number of nitro benzene ring substituents is 1. The van der Waals surface area contributed by atoms with Gasteiger partial charge in [-0.05, 0) is 17.7 Å². The summed E-state index contributed by atoms with van der Waals surface area (Å²) in [6, 6.07) is 5.99. The van der Waals surface area contributed by atoms with Crippen LogP contribution in [-0.2, 0) is 4.79 Å². The molecule has 16 heavy (non-hydrogen) atoms. The third kappa shape index (κ3) is 3.30. The Morgan fingerprint density at radius 2 is 2.00 bits per heavy atom. The molecule has 0 radical (unpaired) electrons. The highest BCUT2D eigenvalue weighted by molar-refractivity contribution is 14.1. The van der Waals surface area contributed by atoms with Crippen LogP contribution in [0.1, 0.15) is 12.5 Å². The van der Waals surface area contributed by atoms with Gasteiger partial charge in [0.05, 0.1) is 10.6 Å². The van der Waals surface area contributed by atoms with E-state index < -0.39 is 4.92 Å². The van der Waals surface area contributed by atoms with Gasteiger partial charge in [0.15, 0.2) is 0 Å². The van der Waals surface area contributed by atoms with Crippen molar-refractivity contribution in [2.24, 2.45) is 0 Å². The molecule has 0 unspecified atom stereocenters. The number of carbonyl (C=O) groups is 1. The number of non-ortho nitro benzene ring substituents is 1. The summed E-state index contributed by atoms with van der Waals surface area (Å²) in [6.07, 6.45) is 0. The Hall–Kier alpha value is -1.44. The third-order valence-electron chi connectivity index (χ3n) is 1.81. The summed E-state index contributed by atoms with van der Waals surface area (Å²) in [6.45, 7) is 1.41. The van der Waals surface area contributed by atoms with E-state index in [0.717, 1.165) is 5.56 Å². The van der Waals surface area contributed by atoms with Crippen LogP contribution >= 0.6 is 22.6 Å². The lowest BCUT2D eigenvalue weighted by Crippen LogP contribution is -2.17. The lowest BCUT2D eigenvalue weighted by atomic mass is 10.1. The van der Waals surface area contributed by atoms with Crippen LogP contribution in [0.2, 0.25) is 0 Å². The number of nitro groups is 1. The zero-order valence-corrected chi connectivity index (χ0v) is 10.6. The van der Waals surface area contributed by atoms with Gasteiger partial charge in [0.25, 0.3) is 5.69 Å². The largest absolute Gasteiger partial charge is 0.325 e. The van der Waals surface area contributed by atoms with Crippen LogP contribution in [0.3, 0.4) is 0 Å². The molecular weight excluding hydrogens is 323 g/mol. The number of nitrogens with one attached hydrogen (secondary N) is 1. The average Bonchev–Trinajstić information content (AvgIpc) is 2.25. The fourth-order valence-electron chi connectivity index (χ4n) is 1.11. The Labute approximate surface area is 106 Å². The molecule has 0 aliphatic rings. The van der Waals surface area contributed by atoms with Crippen LogP contribution in [-0.4, -0.2) is 10.8 Å². The molecule has 1 N–H and O–H groups in total. The van der Waals surface area contributed by atoms with Crippen molar-refractivity contribution in [3.63, 3.8) is 0 Å². The van der Waals surface area contributed by atoms with Gasteiger partial charge in [-0.15, -0.1) is 0 Å². The molecule has 0 atom stereocenters. The highest BCUT2D eigenvalue weighted by Gasteiger charge is 2.07. The Morgan fingerprint density at radius 3 is 2.38 bits per heavy atom. The van der Waals surface area contributed by atoms with Crippen molar-refractivity contribution in [2.75, 3.05) is 0 Å². The van der Waals surface area contributed by atoms with E-state index in [0.29, 0.717) is 5.70 Å². The molecule has 0 saturated heterocycles. The zero-order valence-electron chi connectivity index (χ0n) is 8.44. The minimum absolute atomic E-state index is 0.0272. The van der Waals surface area contributed by atoms with E-state index in [1.54, 1.807) is 16.2 Å². The van der Waals surface area contributed by atoms with Crippen molar-refractivity contribution in [1.29, 1.82) is 0 Å². The summed E-state index contributed by atoms with van der Waals surface area (Å²) >= 11 is 2.00. The monoisotopic (exact) mass is 332 g/mol. The molecular formula is C10H9IN2O3. The molecule has 0 spiro atoms. The number of benzene rings is 1. The van der Waals surface area contributed by atoms with Crippen molar-refractivity contribution in [3.8, 4) is 0 Å². The standard InChI is InChI=1S/C10H9IN2O3/c1-7(14)12-10(6-11)8-2-4-9(5-3-8)13(15)16/h2-6H,1H3,(H,12,14)/b10-6-. The highest BCUT2D eigenvalue weighted by atomic mass is 127. The molecule has 0 aliphatic heterocycles. The van der Waals surface area contributed by atoms with Gasteiger partial charge in [-0.1, -0.05) is 22.6 Å². The Balaban J connectivity index is 2.96. The van der Waals surface area contributed by atoms with Crippen LogP contribution in [0.25, 0.3) is 5.70 Å². The van der Waals surface area contributed by atoms with Crippen LogP contribution in [0.15, 0.2) is 28.3 Å². The summed E-state index contributed by atoms with van der Waals surface area (Å²) in [5.41, 5.74) is 1.39. The summed E-state index contributed by atoms with van der Waals surface area (Å²) in [5.74, 6) is -0.179. The van der Waals surface area contributed by atoms with Crippen LogP contribution in [0, 0.1) is 10.1 Å². The van der Waals surface area contributed by atoms with E-state index >= 15 is 0 Å². The van der Waals surface area contributed by atoms with Gasteiger partial charge in [-0.3, -0.25) is 14.9 Å². The molecule has 0 fully saturated rings. The van der Waals surface area contributed by atoms with Crippen LogP contribution in [0.5, 0.6) is 0 Å². The normalized spacial score (nSPS) is 11.0. The first-order valence-electron chi connectivity index (χ1n) is 4.37. The first-order chi connectivity index (χ1) is 7.54. The van der Waals surface area contributed by atoms with E-state index in [1.807, 2.05) is 22.6 Å². The predicted molar refractivity (Wildman–Crippen MR) is 68.9 cm³/mol. The molecule has 1 aromatic rings. The van der Waals surface area contributed by atoms with E-state index in [1.165, 1.54) is 19.1 Å². The highest BCUT2D eigenvalue weighted by Crippen LogP contribution is 2.18. The second-order valence-corrected chi connectivity index (χ2v) is 3.63. The van der Waals surface area contributed by atoms with Crippen molar-refractivity contribution in [1.82, 2.24) is 5.32 Å². The van der Waals surface area contributed by atoms with Gasteiger partial charge in [0.1, 0.15) is 0 Å². The predicted octanol–water partition coefficient (Wildman–Crippen LogP) is 2.46. The van der Waals surface area contributed by atoms with Crippen LogP contribution < -0.4 is 5.32 Å². The quantitative estimate of drug-likeness (QED) is 0.525. The van der Waals surface area contributed by atoms with E-state index in [-0.39, 0.29) is 11.6 Å². The molecule has 0 saturated carbocycles. The van der Waals surface area contributed by atoms with Gasteiger partial charge >= 0.3 is 0 Å². The van der Waals surface area contributed by atoms with Crippen molar-refractivity contribution in [2.45, 2.75) is 6.92 Å². The second kappa shape index (κ2) is 5.59. The van der Waals surface area contributed by atoms with Gasteiger partial charge in [0, 0.05) is 23.1 Å². The Morgan fingerprint density at radius 1 is 1.44 bits per heavy atom. The Bertz CT molecular complexity index is 440. The van der Waals surface area contributed by atoms with Gasteiger partial charge in [-0.2, -0.15) is 0 Å². The lowest BCUT2D eigenvalue weighted by Gasteiger charge is -2.06. The zero-order chi connectivity index (χ0) is 12.1. The van der Waals surface area contributed by atoms with Crippen molar-refractivity contribution < 1.29 is 9.72 Å². The topological polar surface area (TPSA) is 72.2 Å². The van der Waals surface area contributed by atoms with Crippen molar-refractivity contribution in [3.05, 3.63) is 44.0 Å². The summed E-state index contributed by atoms with van der Waals surface area (Å²) in [4.78, 5) is 20.9. The lowest BCUT2D eigenvalue weighted by molar-refractivity contribution is -0.384. The molecule has 0 aliphatic carbocycles. The minimum Gasteiger partial charge on any atom is -0.325 e. The minimum atomic E-state index is -0.463. The number of nitrogens with zero attached hydrogens (tertiary/aromatic N) is 1. The summed E-state index contributed by atoms with van der Waals surface area (Å²) in [7, 11) is 0. The molecule has 0 aromatic heterocycles. The number of amides is 1. The molecule has 0 bridgehead atoms. The smallest absolute Gasteiger partial charge is 0.269 e. The maximum Gasteiger partial charge on any atom is 0.269 e. The summed E-state index contributed by atoms with van der Waals surface area (Å²) < 4.78 is 1.71. The second-order valence-electron chi connectivity index (χ2n) is 3.01. The number of carbonyl (C=O) groups excluding carboxylic acids is 1. The number of rotatable bonds is 3. The molecule has 5 nitrogen and oxygen atoms in total. The molecule has 0 heterocycles. The van der Waals surface area contributed by atoms with E-state index in [4.69, 9.17) is 0 Å². The molecule has 1 rings (SSSR count). The van der Waals surface area contributed by atoms with E-state index in [2.05, 4.69) is 5.32 Å². The SMILES string of the molecule is CC(=O)N/C(=C\I)c1ccc([N+](=O)[O-])cc1. The first kappa shape index (κ1) is 12.6. The third-order valence-corrected chi connectivity index (χ3v) is 2.43. The van der Waals surface area contributed by atoms with Gasteiger partial charge < -0.3 is 5.32 Å². The van der Waals surface area contributed by atoms with Crippen molar-refractivity contribution >= 4 is 39.9 Å². The molecule has 84 valence electrons. The number of hydrogen-bond donors (Lipinski definition) is 1. The van der Waals surface area contributed by atoms with Crippen LogP contribution in [0.4, 0.5) is 5.69 Å². The van der Waals surface area contributed by atoms with Gasteiger partial charge in [0.2, 0.25) is 5.91 Å².